The molecule has 0 bridgehead atoms. The number of carbonyl (C=O) groups is 2. The van der Waals surface area contributed by atoms with Crippen LogP contribution < -0.4 is 9.64 Å². The number of nitrogens with zero attached hydrogens (tertiary/aromatic N) is 1. The highest BCUT2D eigenvalue weighted by atomic mass is 35.5. The highest BCUT2D eigenvalue weighted by Gasteiger charge is 2.36. The number of rotatable bonds is 4. The van der Waals surface area contributed by atoms with Crippen molar-refractivity contribution in [3.05, 3.63) is 63.0 Å². The van der Waals surface area contributed by atoms with E-state index in [2.05, 4.69) is 5.92 Å². The Kier molecular flexibility index (Phi) is 5.58. The number of para-hydroxylation sites is 1. The molecule has 1 aliphatic rings. The van der Waals surface area contributed by atoms with E-state index in [1.54, 1.807) is 42.5 Å². The Labute approximate surface area is 164 Å². The summed E-state index contributed by atoms with van der Waals surface area (Å²) in [6.07, 6.45) is 6.72. The molecule has 1 heterocycles. The minimum atomic E-state index is -0.397. The fraction of sp³-hybridized carbons (Fsp3) is 0.0526. The van der Waals surface area contributed by atoms with Crippen molar-refractivity contribution >= 4 is 57.9 Å². The van der Waals surface area contributed by atoms with Crippen molar-refractivity contribution in [1.82, 2.24) is 0 Å². The van der Waals surface area contributed by atoms with Gasteiger partial charge in [-0.15, -0.1) is 6.42 Å². The molecule has 4 nitrogen and oxygen atoms in total. The molecule has 2 aromatic carbocycles. The fourth-order valence-corrected chi connectivity index (χ4v) is 3.79. The number of terminal acetylenes is 1. The normalized spacial score (nSPS) is 15.4. The van der Waals surface area contributed by atoms with Gasteiger partial charge in [-0.05, 0) is 47.7 Å². The molecular weight excluding hydrogens is 393 g/mol. The molecule has 0 radical (unpaired) electrons. The van der Waals surface area contributed by atoms with E-state index in [-0.39, 0.29) is 32.5 Å². The summed E-state index contributed by atoms with van der Waals surface area (Å²) in [5, 5.41) is 0.168. The molecule has 0 atom stereocenters. The maximum atomic E-state index is 12.6. The Balaban J connectivity index is 1.90. The Morgan fingerprint density at radius 3 is 2.42 bits per heavy atom. The number of hydrogen-bond donors (Lipinski definition) is 0. The Morgan fingerprint density at radius 2 is 1.81 bits per heavy atom. The second-order valence-electron chi connectivity index (χ2n) is 5.16. The molecule has 0 unspecified atom stereocenters. The van der Waals surface area contributed by atoms with E-state index in [9.17, 15) is 9.59 Å². The second kappa shape index (κ2) is 7.88. The number of halogens is 2. The SMILES string of the molecule is C#CCOc1c(Cl)cc(/C=C2\SC(=O)N(c3ccccc3)C2=O)cc1Cl. The van der Waals surface area contributed by atoms with Gasteiger partial charge in [0.05, 0.1) is 20.6 Å². The topological polar surface area (TPSA) is 46.6 Å². The number of hydrogen-bond acceptors (Lipinski definition) is 4. The van der Waals surface area contributed by atoms with Crippen molar-refractivity contribution in [2.45, 2.75) is 0 Å². The molecule has 0 N–H and O–H groups in total. The predicted octanol–water partition coefficient (Wildman–Crippen LogP) is 5.25. The summed E-state index contributed by atoms with van der Waals surface area (Å²) in [6, 6.07) is 11.9. The Bertz CT molecular complexity index is 928. The van der Waals surface area contributed by atoms with Gasteiger partial charge in [0.15, 0.2) is 5.75 Å². The molecule has 1 fully saturated rings. The molecular formula is C19H11Cl2NO3S. The van der Waals surface area contributed by atoms with Crippen LogP contribution in [-0.4, -0.2) is 17.8 Å². The summed E-state index contributed by atoms with van der Waals surface area (Å²) < 4.78 is 5.30. The van der Waals surface area contributed by atoms with Crippen LogP contribution in [0, 0.1) is 12.3 Å². The van der Waals surface area contributed by atoms with Crippen LogP contribution >= 0.6 is 35.0 Å². The maximum absolute atomic E-state index is 12.6. The molecule has 2 aromatic rings. The van der Waals surface area contributed by atoms with Crippen molar-refractivity contribution in [3.8, 4) is 18.1 Å². The summed E-state index contributed by atoms with van der Waals surface area (Å²) in [7, 11) is 0. The molecule has 2 amide bonds. The average molecular weight is 404 g/mol. The number of anilines is 1. The van der Waals surface area contributed by atoms with Gasteiger partial charge < -0.3 is 4.74 Å². The summed E-state index contributed by atoms with van der Waals surface area (Å²) in [6.45, 7) is 0.0365. The van der Waals surface area contributed by atoms with Crippen LogP contribution in [0.15, 0.2) is 47.4 Å². The van der Waals surface area contributed by atoms with Gasteiger partial charge in [0.2, 0.25) is 0 Å². The van der Waals surface area contributed by atoms with Crippen LogP contribution in [0.1, 0.15) is 5.56 Å². The highest BCUT2D eigenvalue weighted by Crippen LogP contribution is 2.38. The van der Waals surface area contributed by atoms with Crippen molar-refractivity contribution in [1.29, 1.82) is 0 Å². The van der Waals surface area contributed by atoms with E-state index < -0.39 is 5.91 Å². The number of carbonyl (C=O) groups excluding carboxylic acids is 2. The molecule has 0 saturated carbocycles. The first-order chi connectivity index (χ1) is 12.5. The van der Waals surface area contributed by atoms with Gasteiger partial charge in [-0.2, -0.15) is 0 Å². The standard InChI is InChI=1S/C19H11Cl2NO3S/c1-2-8-25-17-14(20)9-12(10-15(17)21)11-16-18(23)22(19(24)26-16)13-6-4-3-5-7-13/h1,3-7,9-11H,8H2/b16-11-. The van der Waals surface area contributed by atoms with Crippen molar-refractivity contribution < 1.29 is 14.3 Å². The van der Waals surface area contributed by atoms with Gasteiger partial charge in [-0.1, -0.05) is 47.3 Å². The van der Waals surface area contributed by atoms with Crippen LogP contribution in [0.3, 0.4) is 0 Å². The van der Waals surface area contributed by atoms with Gasteiger partial charge in [-0.25, -0.2) is 4.90 Å². The molecule has 130 valence electrons. The average Bonchev–Trinajstić information content (AvgIpc) is 2.88. The molecule has 7 heteroatoms. The summed E-state index contributed by atoms with van der Waals surface area (Å²) >= 11 is 13.2. The lowest BCUT2D eigenvalue weighted by molar-refractivity contribution is -0.113. The molecule has 0 aromatic heterocycles. The summed E-state index contributed by atoms with van der Waals surface area (Å²) in [5.41, 5.74) is 1.10. The van der Waals surface area contributed by atoms with Crippen LogP contribution in [0.25, 0.3) is 6.08 Å². The van der Waals surface area contributed by atoms with Crippen LogP contribution in [-0.2, 0) is 4.79 Å². The number of thioether (sulfide) groups is 1. The van der Waals surface area contributed by atoms with Crippen molar-refractivity contribution in [3.63, 3.8) is 0 Å². The quantitative estimate of drug-likeness (QED) is 0.516. The highest BCUT2D eigenvalue weighted by molar-refractivity contribution is 8.19. The van der Waals surface area contributed by atoms with Gasteiger partial charge in [-0.3, -0.25) is 9.59 Å². The first-order valence-electron chi connectivity index (χ1n) is 7.39. The monoisotopic (exact) mass is 403 g/mol. The number of benzene rings is 2. The van der Waals surface area contributed by atoms with Crippen molar-refractivity contribution in [2.24, 2.45) is 0 Å². The third-order valence-electron chi connectivity index (χ3n) is 3.43. The molecule has 1 aliphatic heterocycles. The van der Waals surface area contributed by atoms with Gasteiger partial charge >= 0.3 is 0 Å². The third-order valence-corrected chi connectivity index (χ3v) is 4.86. The van der Waals surface area contributed by atoms with E-state index >= 15 is 0 Å². The van der Waals surface area contributed by atoms with E-state index in [0.717, 1.165) is 16.7 Å². The maximum Gasteiger partial charge on any atom is 0.298 e. The van der Waals surface area contributed by atoms with E-state index in [0.29, 0.717) is 11.3 Å². The molecule has 1 saturated heterocycles. The first-order valence-corrected chi connectivity index (χ1v) is 8.97. The van der Waals surface area contributed by atoms with Gasteiger partial charge in [0, 0.05) is 0 Å². The zero-order valence-electron chi connectivity index (χ0n) is 13.2. The zero-order valence-corrected chi connectivity index (χ0v) is 15.6. The van der Waals surface area contributed by atoms with Gasteiger partial charge in [0.1, 0.15) is 6.61 Å². The molecule has 0 aliphatic carbocycles. The number of ether oxygens (including phenoxy) is 1. The summed E-state index contributed by atoms with van der Waals surface area (Å²) in [4.78, 5) is 26.2. The lowest BCUT2D eigenvalue weighted by atomic mass is 10.2. The van der Waals surface area contributed by atoms with E-state index in [4.69, 9.17) is 34.4 Å². The van der Waals surface area contributed by atoms with Crippen molar-refractivity contribution in [2.75, 3.05) is 11.5 Å². The second-order valence-corrected chi connectivity index (χ2v) is 6.97. The van der Waals surface area contributed by atoms with Crippen LogP contribution in [0.2, 0.25) is 10.0 Å². The molecule has 26 heavy (non-hydrogen) atoms. The number of amides is 2. The van der Waals surface area contributed by atoms with Gasteiger partial charge in [0.25, 0.3) is 11.1 Å². The molecule has 0 spiro atoms. The van der Waals surface area contributed by atoms with Crippen LogP contribution in [0.5, 0.6) is 5.75 Å². The minimum absolute atomic E-state index is 0.0365. The van der Waals surface area contributed by atoms with Crippen LogP contribution in [0.4, 0.5) is 10.5 Å². The Morgan fingerprint density at radius 1 is 1.15 bits per heavy atom. The lowest BCUT2D eigenvalue weighted by Crippen LogP contribution is -2.27. The fourth-order valence-electron chi connectivity index (χ4n) is 2.33. The largest absolute Gasteiger partial charge is 0.478 e. The smallest absolute Gasteiger partial charge is 0.298 e. The lowest BCUT2D eigenvalue weighted by Gasteiger charge is -2.11. The Hall–Kier alpha value is -2.39. The molecule has 3 rings (SSSR count). The minimum Gasteiger partial charge on any atom is -0.478 e. The van der Waals surface area contributed by atoms with E-state index in [1.165, 1.54) is 0 Å². The zero-order chi connectivity index (χ0) is 18.7. The third kappa shape index (κ3) is 3.73. The first kappa shape index (κ1) is 18.4. The van der Waals surface area contributed by atoms with E-state index in [1.807, 2.05) is 6.07 Å². The number of imide groups is 1. The predicted molar refractivity (Wildman–Crippen MR) is 106 cm³/mol. The summed E-state index contributed by atoms with van der Waals surface area (Å²) in [5.74, 6) is 2.21.